The molecule has 0 aliphatic rings. The summed E-state index contributed by atoms with van der Waals surface area (Å²) in [5.74, 6) is 7.19. The lowest BCUT2D eigenvalue weighted by Gasteiger charge is -2.13. The van der Waals surface area contributed by atoms with Crippen LogP contribution in [0.3, 0.4) is 0 Å². The Kier molecular flexibility index (Phi) is 4.45. The lowest BCUT2D eigenvalue weighted by atomic mass is 10.0. The van der Waals surface area contributed by atoms with Gasteiger partial charge >= 0.3 is 0 Å². The van der Waals surface area contributed by atoms with Gasteiger partial charge in [-0.2, -0.15) is 0 Å². The van der Waals surface area contributed by atoms with E-state index in [4.69, 9.17) is 15.3 Å². The maximum Gasteiger partial charge on any atom is 0.161 e. The second-order valence-electron chi connectivity index (χ2n) is 5.12. The van der Waals surface area contributed by atoms with Crippen LogP contribution in [0.2, 0.25) is 0 Å². The van der Waals surface area contributed by atoms with Crippen LogP contribution in [0, 0.1) is 0 Å². The maximum atomic E-state index is 9.53. The molecule has 0 aliphatic carbocycles. The van der Waals surface area contributed by atoms with Crippen molar-refractivity contribution in [2.45, 2.75) is 6.61 Å². The van der Waals surface area contributed by atoms with Gasteiger partial charge in [-0.3, -0.25) is 0 Å². The van der Waals surface area contributed by atoms with Gasteiger partial charge in [-0.05, 0) is 35.7 Å². The number of pyridine rings is 2. The molecule has 7 heteroatoms. The number of aliphatic hydroxyl groups excluding tert-OH is 1. The summed E-state index contributed by atoms with van der Waals surface area (Å²) < 4.78 is 10.7. The number of nitrogens with one attached hydrogen (secondary N) is 1. The highest BCUT2D eigenvalue weighted by Crippen LogP contribution is 2.36. The van der Waals surface area contributed by atoms with Crippen LogP contribution in [0.25, 0.3) is 22.0 Å². The average Bonchev–Trinajstić information content (AvgIpc) is 2.65. The van der Waals surface area contributed by atoms with E-state index in [0.717, 1.165) is 16.3 Å². The number of nitrogen functional groups attached to an aromatic ring is 1. The number of anilines is 1. The number of hydrazine groups is 1. The van der Waals surface area contributed by atoms with Gasteiger partial charge in [0.15, 0.2) is 11.5 Å². The highest BCUT2D eigenvalue weighted by molar-refractivity contribution is 5.97. The molecule has 24 heavy (non-hydrogen) atoms. The van der Waals surface area contributed by atoms with Crippen LogP contribution in [-0.2, 0) is 6.61 Å². The third-order valence-electron chi connectivity index (χ3n) is 3.73. The average molecular weight is 326 g/mol. The molecule has 3 rings (SSSR count). The van der Waals surface area contributed by atoms with E-state index in [1.165, 1.54) is 0 Å². The number of ether oxygens (including phenoxy) is 2. The number of fused-ring (bicyclic) bond motifs is 1. The van der Waals surface area contributed by atoms with Crippen molar-refractivity contribution in [2.24, 2.45) is 5.84 Å². The highest BCUT2D eigenvalue weighted by Gasteiger charge is 2.13. The molecule has 0 radical (unpaired) electrons. The molecule has 2 aromatic heterocycles. The van der Waals surface area contributed by atoms with Crippen molar-refractivity contribution in [3.05, 3.63) is 42.2 Å². The number of hydrogen-bond donors (Lipinski definition) is 3. The van der Waals surface area contributed by atoms with Crippen molar-refractivity contribution >= 4 is 16.6 Å². The molecule has 7 nitrogen and oxygen atoms in total. The Morgan fingerprint density at radius 1 is 1.12 bits per heavy atom. The second-order valence-corrected chi connectivity index (χ2v) is 5.12. The molecule has 3 aromatic rings. The molecule has 0 bridgehead atoms. The van der Waals surface area contributed by atoms with Crippen LogP contribution in [0.15, 0.2) is 36.5 Å². The standard InChI is InChI=1S/C17H18N4O3/c1-23-14-6-11-5-12(9-22)20-17(13(11)8-15(14)24-2)10-3-4-19-16(7-10)21-18/h3-8,22H,9,18H2,1-2H3,(H,19,21). The number of hydrogen-bond acceptors (Lipinski definition) is 7. The Labute approximate surface area is 139 Å². The molecule has 0 unspecified atom stereocenters. The lowest BCUT2D eigenvalue weighted by Crippen LogP contribution is -2.08. The smallest absolute Gasteiger partial charge is 0.161 e. The van der Waals surface area contributed by atoms with Crippen LogP contribution in [0.5, 0.6) is 11.5 Å². The Balaban J connectivity index is 2.32. The predicted octanol–water partition coefficient (Wildman–Crippen LogP) is 2.09. The van der Waals surface area contributed by atoms with Gasteiger partial charge in [0.05, 0.1) is 32.2 Å². The van der Waals surface area contributed by atoms with Gasteiger partial charge < -0.3 is 20.0 Å². The van der Waals surface area contributed by atoms with E-state index in [1.54, 1.807) is 26.5 Å². The Morgan fingerprint density at radius 2 is 1.88 bits per heavy atom. The van der Waals surface area contributed by atoms with Crippen LogP contribution in [-0.4, -0.2) is 29.3 Å². The molecule has 0 amide bonds. The molecule has 0 saturated heterocycles. The van der Waals surface area contributed by atoms with Crippen molar-refractivity contribution in [3.63, 3.8) is 0 Å². The largest absolute Gasteiger partial charge is 0.493 e. The first kappa shape index (κ1) is 16.0. The summed E-state index contributed by atoms with van der Waals surface area (Å²) >= 11 is 0. The number of aliphatic hydroxyl groups is 1. The summed E-state index contributed by atoms with van der Waals surface area (Å²) in [6.45, 7) is -0.162. The van der Waals surface area contributed by atoms with E-state index in [2.05, 4.69) is 15.4 Å². The fraction of sp³-hybridized carbons (Fsp3) is 0.176. The number of methoxy groups -OCH3 is 2. The zero-order chi connectivity index (χ0) is 17.1. The van der Waals surface area contributed by atoms with Gasteiger partial charge in [0.2, 0.25) is 0 Å². The minimum Gasteiger partial charge on any atom is -0.493 e. The van der Waals surface area contributed by atoms with Gasteiger partial charge in [-0.15, -0.1) is 0 Å². The van der Waals surface area contributed by atoms with E-state index in [0.29, 0.717) is 28.7 Å². The first-order valence-electron chi connectivity index (χ1n) is 7.29. The van der Waals surface area contributed by atoms with Gasteiger partial charge in [0.1, 0.15) is 5.82 Å². The fourth-order valence-corrected chi connectivity index (χ4v) is 2.59. The molecule has 0 saturated carbocycles. The maximum absolute atomic E-state index is 9.53. The molecule has 124 valence electrons. The zero-order valence-electron chi connectivity index (χ0n) is 13.4. The summed E-state index contributed by atoms with van der Waals surface area (Å²) in [6.07, 6.45) is 1.64. The Hall–Kier alpha value is -2.90. The van der Waals surface area contributed by atoms with Crippen LogP contribution in [0.1, 0.15) is 5.69 Å². The number of nitrogens with two attached hydrogens (primary N) is 1. The van der Waals surface area contributed by atoms with E-state index >= 15 is 0 Å². The summed E-state index contributed by atoms with van der Waals surface area (Å²) in [6, 6.07) is 9.18. The number of aromatic nitrogens is 2. The molecule has 0 fully saturated rings. The molecule has 0 atom stereocenters. The third kappa shape index (κ3) is 2.82. The van der Waals surface area contributed by atoms with E-state index in [9.17, 15) is 5.11 Å². The van der Waals surface area contributed by atoms with Crippen molar-refractivity contribution in [3.8, 4) is 22.8 Å². The molecular weight excluding hydrogens is 308 g/mol. The number of rotatable bonds is 5. The first-order chi connectivity index (χ1) is 11.7. The van der Waals surface area contributed by atoms with Crippen molar-refractivity contribution in [1.29, 1.82) is 0 Å². The summed E-state index contributed by atoms with van der Waals surface area (Å²) in [5.41, 5.74) is 4.61. The van der Waals surface area contributed by atoms with Gasteiger partial charge in [0, 0.05) is 17.1 Å². The summed E-state index contributed by atoms with van der Waals surface area (Å²) in [5, 5.41) is 11.3. The number of benzene rings is 1. The second kappa shape index (κ2) is 6.69. The van der Waals surface area contributed by atoms with Crippen LogP contribution >= 0.6 is 0 Å². The minimum absolute atomic E-state index is 0.162. The van der Waals surface area contributed by atoms with Gasteiger partial charge in [-0.1, -0.05) is 0 Å². The summed E-state index contributed by atoms with van der Waals surface area (Å²) in [4.78, 5) is 8.66. The first-order valence-corrected chi connectivity index (χ1v) is 7.29. The normalized spacial score (nSPS) is 10.7. The van der Waals surface area contributed by atoms with E-state index in [-0.39, 0.29) is 6.61 Å². The molecule has 2 heterocycles. The van der Waals surface area contributed by atoms with E-state index < -0.39 is 0 Å². The van der Waals surface area contributed by atoms with E-state index in [1.807, 2.05) is 24.3 Å². The topological polar surface area (TPSA) is 103 Å². The highest BCUT2D eigenvalue weighted by atomic mass is 16.5. The van der Waals surface area contributed by atoms with Crippen molar-refractivity contribution < 1.29 is 14.6 Å². The van der Waals surface area contributed by atoms with Crippen molar-refractivity contribution in [2.75, 3.05) is 19.6 Å². The third-order valence-corrected chi connectivity index (χ3v) is 3.73. The number of nitrogens with zero attached hydrogens (tertiary/aromatic N) is 2. The SMILES string of the molecule is COc1cc2cc(CO)nc(-c3ccnc(NN)c3)c2cc1OC. The molecule has 0 aliphatic heterocycles. The molecular formula is C17H18N4O3. The Bertz CT molecular complexity index is 883. The predicted molar refractivity (Wildman–Crippen MR) is 91.8 cm³/mol. The van der Waals surface area contributed by atoms with Gasteiger partial charge in [-0.25, -0.2) is 15.8 Å². The monoisotopic (exact) mass is 326 g/mol. The minimum atomic E-state index is -0.162. The molecule has 4 N–H and O–H groups in total. The fourth-order valence-electron chi connectivity index (χ4n) is 2.59. The quantitative estimate of drug-likeness (QED) is 0.487. The summed E-state index contributed by atoms with van der Waals surface area (Å²) in [7, 11) is 3.17. The van der Waals surface area contributed by atoms with Crippen LogP contribution in [0.4, 0.5) is 5.82 Å². The molecule has 1 aromatic carbocycles. The Morgan fingerprint density at radius 3 is 2.54 bits per heavy atom. The lowest BCUT2D eigenvalue weighted by molar-refractivity contribution is 0.277. The van der Waals surface area contributed by atoms with Gasteiger partial charge in [0.25, 0.3) is 0 Å². The van der Waals surface area contributed by atoms with Crippen molar-refractivity contribution in [1.82, 2.24) is 9.97 Å². The molecule has 0 spiro atoms. The zero-order valence-corrected chi connectivity index (χ0v) is 13.4. The van der Waals surface area contributed by atoms with Crippen LogP contribution < -0.4 is 20.7 Å².